The van der Waals surface area contributed by atoms with E-state index in [1.54, 1.807) is 30.3 Å². The minimum Gasteiger partial charge on any atom is -0.206 e. The zero-order valence-electron chi connectivity index (χ0n) is 14.3. The van der Waals surface area contributed by atoms with E-state index in [1.165, 1.54) is 0 Å². The van der Waals surface area contributed by atoms with Gasteiger partial charge in [-0.05, 0) is 35.4 Å². The number of benzene rings is 3. The van der Waals surface area contributed by atoms with Crippen LogP contribution in [0.1, 0.15) is 16.7 Å². The van der Waals surface area contributed by atoms with Crippen LogP contribution < -0.4 is 0 Å². The monoisotopic (exact) mass is 414 g/mol. The quantitative estimate of drug-likeness (QED) is 0.307. The minimum absolute atomic E-state index is 0.0677. The number of alkyl halides is 3. The van der Waals surface area contributed by atoms with Gasteiger partial charge in [-0.2, -0.15) is 13.2 Å². The molecule has 0 amide bonds. The highest BCUT2D eigenvalue weighted by molar-refractivity contribution is 5.84. The van der Waals surface area contributed by atoms with Crippen molar-refractivity contribution in [2.75, 3.05) is 0 Å². The Labute approximate surface area is 159 Å². The molecule has 29 heavy (non-hydrogen) atoms. The van der Waals surface area contributed by atoms with Crippen molar-refractivity contribution in [1.29, 1.82) is 0 Å². The highest BCUT2D eigenvalue weighted by atomic mass is 19.4. The standard InChI is InChI=1S/C21H10F8/c22-15-8-12(6-7-14(15)21(27,28)29)19(25)20(26)18-16(23)9-13(10-17(18)24)11-4-2-1-3-5-11/h1-10H/b20-19+. The second kappa shape index (κ2) is 7.69. The molecule has 0 bridgehead atoms. The van der Waals surface area contributed by atoms with E-state index in [4.69, 9.17) is 0 Å². The van der Waals surface area contributed by atoms with E-state index in [0.717, 1.165) is 12.1 Å². The molecule has 0 spiro atoms. The molecular weight excluding hydrogens is 404 g/mol. The summed E-state index contributed by atoms with van der Waals surface area (Å²) in [7, 11) is 0. The van der Waals surface area contributed by atoms with Crippen molar-refractivity contribution >= 4 is 11.7 Å². The van der Waals surface area contributed by atoms with Gasteiger partial charge in [0.05, 0.1) is 11.1 Å². The normalized spacial score (nSPS) is 12.7. The highest BCUT2D eigenvalue weighted by Gasteiger charge is 2.34. The van der Waals surface area contributed by atoms with E-state index in [1.807, 2.05) is 0 Å². The molecule has 0 unspecified atom stereocenters. The second-order valence-electron chi connectivity index (χ2n) is 6.00. The molecule has 0 N–H and O–H groups in total. The largest absolute Gasteiger partial charge is 0.419 e. The Bertz CT molecular complexity index is 1060. The summed E-state index contributed by atoms with van der Waals surface area (Å²) in [6.07, 6.45) is -5.03. The third kappa shape index (κ3) is 4.16. The number of halogens is 8. The molecule has 0 aliphatic heterocycles. The Morgan fingerprint density at radius 1 is 0.621 bits per heavy atom. The first-order chi connectivity index (χ1) is 13.6. The van der Waals surface area contributed by atoms with Crippen LogP contribution in [0.4, 0.5) is 35.1 Å². The van der Waals surface area contributed by atoms with Gasteiger partial charge in [-0.1, -0.05) is 36.4 Å². The molecule has 0 nitrogen and oxygen atoms in total. The van der Waals surface area contributed by atoms with Gasteiger partial charge < -0.3 is 0 Å². The van der Waals surface area contributed by atoms with Crippen LogP contribution in [0.3, 0.4) is 0 Å². The van der Waals surface area contributed by atoms with E-state index >= 15 is 0 Å². The Kier molecular flexibility index (Phi) is 5.46. The van der Waals surface area contributed by atoms with Gasteiger partial charge in [0, 0.05) is 5.56 Å². The summed E-state index contributed by atoms with van der Waals surface area (Å²) in [5.41, 5.74) is -3.47. The average Bonchev–Trinajstić information content (AvgIpc) is 2.66. The zero-order valence-corrected chi connectivity index (χ0v) is 14.3. The first-order valence-electron chi connectivity index (χ1n) is 8.07. The lowest BCUT2D eigenvalue weighted by atomic mass is 10.0. The predicted octanol–water partition coefficient (Wildman–Crippen LogP) is 7.55. The van der Waals surface area contributed by atoms with Gasteiger partial charge in [-0.15, -0.1) is 0 Å². The van der Waals surface area contributed by atoms with Crippen LogP contribution in [-0.2, 0) is 6.18 Å². The zero-order chi connectivity index (χ0) is 21.3. The molecule has 0 heterocycles. The molecule has 150 valence electrons. The summed E-state index contributed by atoms with van der Waals surface area (Å²) >= 11 is 0. The molecule has 0 aromatic heterocycles. The molecular formula is C21H10F8. The predicted molar refractivity (Wildman–Crippen MR) is 92.2 cm³/mol. The third-order valence-corrected chi connectivity index (χ3v) is 4.09. The van der Waals surface area contributed by atoms with Crippen LogP contribution in [-0.4, -0.2) is 0 Å². The Morgan fingerprint density at radius 3 is 1.72 bits per heavy atom. The molecule has 0 aliphatic rings. The SMILES string of the molecule is F/C(=C(/F)c1c(F)cc(-c2ccccc2)cc1F)c1ccc(C(F)(F)F)c(F)c1. The number of rotatable bonds is 3. The summed E-state index contributed by atoms with van der Waals surface area (Å²) in [6.45, 7) is 0. The van der Waals surface area contributed by atoms with E-state index < -0.39 is 52.0 Å². The van der Waals surface area contributed by atoms with E-state index in [9.17, 15) is 35.1 Å². The van der Waals surface area contributed by atoms with Crippen LogP contribution in [0.25, 0.3) is 22.8 Å². The average molecular weight is 414 g/mol. The van der Waals surface area contributed by atoms with Crippen LogP contribution in [0.15, 0.2) is 60.7 Å². The first-order valence-corrected chi connectivity index (χ1v) is 8.07. The third-order valence-electron chi connectivity index (χ3n) is 4.09. The van der Waals surface area contributed by atoms with Crippen molar-refractivity contribution in [2.45, 2.75) is 6.18 Å². The maximum atomic E-state index is 14.4. The van der Waals surface area contributed by atoms with Gasteiger partial charge in [0.25, 0.3) is 0 Å². The fourth-order valence-electron chi connectivity index (χ4n) is 2.70. The molecule has 0 fully saturated rings. The molecule has 0 saturated heterocycles. The van der Waals surface area contributed by atoms with E-state index in [0.29, 0.717) is 11.6 Å². The Hall–Kier alpha value is -3.16. The summed E-state index contributed by atoms with van der Waals surface area (Å²) in [4.78, 5) is 0. The van der Waals surface area contributed by atoms with Crippen molar-refractivity contribution in [2.24, 2.45) is 0 Å². The highest BCUT2D eigenvalue weighted by Crippen LogP contribution is 2.37. The molecule has 0 radical (unpaired) electrons. The number of hydrogen-bond donors (Lipinski definition) is 0. The number of hydrogen-bond acceptors (Lipinski definition) is 0. The van der Waals surface area contributed by atoms with Crippen molar-refractivity contribution in [3.8, 4) is 11.1 Å². The van der Waals surface area contributed by atoms with Crippen LogP contribution >= 0.6 is 0 Å². The van der Waals surface area contributed by atoms with Crippen molar-refractivity contribution in [3.63, 3.8) is 0 Å². The van der Waals surface area contributed by atoms with Crippen LogP contribution in [0.2, 0.25) is 0 Å². The van der Waals surface area contributed by atoms with Gasteiger partial charge in [0.15, 0.2) is 11.7 Å². The summed E-state index contributed by atoms with van der Waals surface area (Å²) in [5.74, 6) is -8.60. The lowest BCUT2D eigenvalue weighted by molar-refractivity contribution is -0.140. The summed E-state index contributed by atoms with van der Waals surface area (Å²) < 4.78 is 109. The van der Waals surface area contributed by atoms with Gasteiger partial charge in [-0.25, -0.2) is 22.0 Å². The molecule has 0 atom stereocenters. The van der Waals surface area contributed by atoms with Gasteiger partial charge in [0.2, 0.25) is 0 Å². The summed E-state index contributed by atoms with van der Waals surface area (Å²) in [6, 6.07) is 10.3. The lowest BCUT2D eigenvalue weighted by Crippen LogP contribution is -2.08. The molecule has 0 aliphatic carbocycles. The Morgan fingerprint density at radius 2 is 1.21 bits per heavy atom. The topological polar surface area (TPSA) is 0 Å². The smallest absolute Gasteiger partial charge is 0.206 e. The van der Waals surface area contributed by atoms with Crippen molar-refractivity contribution in [1.82, 2.24) is 0 Å². The fraction of sp³-hybridized carbons (Fsp3) is 0.0476. The lowest BCUT2D eigenvalue weighted by Gasteiger charge is -2.10. The maximum absolute atomic E-state index is 14.4. The van der Waals surface area contributed by atoms with E-state index in [-0.39, 0.29) is 17.7 Å². The molecule has 3 aromatic rings. The second-order valence-corrected chi connectivity index (χ2v) is 6.00. The van der Waals surface area contributed by atoms with Gasteiger partial charge in [0.1, 0.15) is 17.5 Å². The van der Waals surface area contributed by atoms with Crippen LogP contribution in [0, 0.1) is 17.5 Å². The van der Waals surface area contributed by atoms with Crippen molar-refractivity contribution < 1.29 is 35.1 Å². The molecule has 8 heteroatoms. The fourth-order valence-corrected chi connectivity index (χ4v) is 2.70. The first kappa shape index (κ1) is 20.6. The summed E-state index contributed by atoms with van der Waals surface area (Å²) in [5, 5.41) is 0. The van der Waals surface area contributed by atoms with E-state index in [2.05, 4.69) is 0 Å². The Balaban J connectivity index is 2.06. The maximum Gasteiger partial charge on any atom is 0.419 e. The molecule has 3 aromatic carbocycles. The van der Waals surface area contributed by atoms with Gasteiger partial charge >= 0.3 is 6.18 Å². The molecule has 3 rings (SSSR count). The molecule has 0 saturated carbocycles. The van der Waals surface area contributed by atoms with Gasteiger partial charge in [-0.3, -0.25) is 0 Å². The minimum atomic E-state index is -5.03. The van der Waals surface area contributed by atoms with Crippen LogP contribution in [0.5, 0.6) is 0 Å². The van der Waals surface area contributed by atoms with Crippen molar-refractivity contribution in [3.05, 3.63) is 94.8 Å².